The zero-order valence-corrected chi connectivity index (χ0v) is 15.4. The summed E-state index contributed by atoms with van der Waals surface area (Å²) in [5.41, 5.74) is -0.794. The molecule has 0 radical (unpaired) electrons. The van der Waals surface area contributed by atoms with Crippen molar-refractivity contribution in [1.82, 2.24) is 9.80 Å². The lowest BCUT2D eigenvalue weighted by molar-refractivity contribution is -0.0126. The van der Waals surface area contributed by atoms with Gasteiger partial charge in [-0.15, -0.1) is 0 Å². The lowest BCUT2D eigenvalue weighted by atomic mass is 9.78. The van der Waals surface area contributed by atoms with Crippen LogP contribution in [0.25, 0.3) is 0 Å². The largest absolute Gasteiger partial charge is 0.465 e. The number of likely N-dealkylation sites (tertiary alicyclic amines) is 1. The summed E-state index contributed by atoms with van der Waals surface area (Å²) in [6.45, 7) is 7.40. The molecule has 1 amide bonds. The third-order valence-electron chi connectivity index (χ3n) is 5.66. The third kappa shape index (κ3) is 3.84. The van der Waals surface area contributed by atoms with E-state index in [9.17, 15) is 15.2 Å². The van der Waals surface area contributed by atoms with E-state index < -0.39 is 17.2 Å². The summed E-state index contributed by atoms with van der Waals surface area (Å²) in [5, 5.41) is 19.4. The first-order valence-corrected chi connectivity index (χ1v) is 8.95. The predicted octanol–water partition coefficient (Wildman–Crippen LogP) is 3.08. The Hall–Kier alpha value is -1.32. The van der Waals surface area contributed by atoms with Gasteiger partial charge in [0.15, 0.2) is 0 Å². The van der Waals surface area contributed by atoms with E-state index in [1.165, 1.54) is 0 Å². The van der Waals surface area contributed by atoms with E-state index in [-0.39, 0.29) is 12.1 Å². The Morgan fingerprint density at radius 1 is 1.25 bits per heavy atom. The molecule has 1 N–H and O–H groups in total. The quantitative estimate of drug-likeness (QED) is 0.856. The number of amides is 1. The van der Waals surface area contributed by atoms with Crippen molar-refractivity contribution in [2.24, 2.45) is 0 Å². The summed E-state index contributed by atoms with van der Waals surface area (Å²) in [5.74, 6) is 0. The summed E-state index contributed by atoms with van der Waals surface area (Å²) < 4.78 is 5.43. The number of piperidine rings is 1. The van der Waals surface area contributed by atoms with Gasteiger partial charge in [0.1, 0.15) is 5.54 Å². The zero-order chi connectivity index (χ0) is 18.0. The van der Waals surface area contributed by atoms with E-state index >= 15 is 0 Å². The van der Waals surface area contributed by atoms with Gasteiger partial charge in [0, 0.05) is 31.8 Å². The molecule has 1 aliphatic carbocycles. The molecule has 0 aromatic carbocycles. The number of methoxy groups -OCH3 is 1. The van der Waals surface area contributed by atoms with Crippen LogP contribution in [0.1, 0.15) is 59.3 Å². The van der Waals surface area contributed by atoms with E-state index in [2.05, 4.69) is 11.0 Å². The van der Waals surface area contributed by atoms with Gasteiger partial charge in [-0.2, -0.15) is 5.26 Å². The fourth-order valence-electron chi connectivity index (χ4n) is 4.35. The van der Waals surface area contributed by atoms with Crippen LogP contribution in [0.2, 0.25) is 0 Å². The van der Waals surface area contributed by atoms with Gasteiger partial charge in [-0.05, 0) is 59.3 Å². The second-order valence-corrected chi connectivity index (χ2v) is 8.12. The fraction of sp³-hybridized carbons (Fsp3) is 0.889. The first-order chi connectivity index (χ1) is 11.2. The average Bonchev–Trinajstić information content (AvgIpc) is 2.54. The van der Waals surface area contributed by atoms with E-state index in [1.807, 2.05) is 20.8 Å². The maximum absolute atomic E-state index is 11.7. The molecule has 1 saturated carbocycles. The molecule has 136 valence electrons. The SMILES string of the molecule is COC1CCC(C#N)(N2CCC(N(C(=O)O)C(C)(C)C)CC2)CC1. The zero-order valence-electron chi connectivity index (χ0n) is 15.4. The van der Waals surface area contributed by atoms with Gasteiger partial charge in [-0.3, -0.25) is 4.90 Å². The van der Waals surface area contributed by atoms with Crippen LogP contribution >= 0.6 is 0 Å². The van der Waals surface area contributed by atoms with Crippen LogP contribution in [0.3, 0.4) is 0 Å². The first-order valence-electron chi connectivity index (χ1n) is 8.95. The minimum absolute atomic E-state index is 0.0322. The Bertz CT molecular complexity index is 479. The molecule has 1 aliphatic heterocycles. The van der Waals surface area contributed by atoms with E-state index in [0.29, 0.717) is 0 Å². The van der Waals surface area contributed by atoms with Gasteiger partial charge in [0.25, 0.3) is 0 Å². The van der Waals surface area contributed by atoms with Gasteiger partial charge in [-0.1, -0.05) is 0 Å². The number of hydrogen-bond acceptors (Lipinski definition) is 4. The van der Waals surface area contributed by atoms with Crippen molar-refractivity contribution in [2.45, 2.75) is 82.5 Å². The van der Waals surface area contributed by atoms with E-state index in [1.54, 1.807) is 12.0 Å². The molecule has 1 saturated heterocycles. The van der Waals surface area contributed by atoms with Crippen molar-refractivity contribution in [3.8, 4) is 6.07 Å². The van der Waals surface area contributed by atoms with Crippen LogP contribution in [-0.4, -0.2) is 64.4 Å². The Morgan fingerprint density at radius 2 is 1.79 bits per heavy atom. The standard InChI is InChI=1S/C18H31N3O3/c1-17(2,3)21(16(22)23)14-7-11-20(12-8-14)18(13-19)9-5-15(24-4)6-10-18/h14-15H,5-12H2,1-4H3,(H,22,23). The molecule has 2 fully saturated rings. The van der Waals surface area contributed by atoms with Crippen molar-refractivity contribution >= 4 is 6.09 Å². The Balaban J connectivity index is 2.01. The molecule has 0 unspecified atom stereocenters. The molecule has 2 aliphatic rings. The number of nitriles is 1. The van der Waals surface area contributed by atoms with Crippen LogP contribution in [0.15, 0.2) is 0 Å². The summed E-state index contributed by atoms with van der Waals surface area (Å²) in [7, 11) is 1.74. The van der Waals surface area contributed by atoms with Crippen LogP contribution in [0.4, 0.5) is 4.79 Å². The van der Waals surface area contributed by atoms with Crippen LogP contribution < -0.4 is 0 Å². The number of carbonyl (C=O) groups is 1. The summed E-state index contributed by atoms with van der Waals surface area (Å²) in [6.07, 6.45) is 4.54. The predicted molar refractivity (Wildman–Crippen MR) is 91.8 cm³/mol. The van der Waals surface area contributed by atoms with Crippen LogP contribution in [0, 0.1) is 11.3 Å². The Kier molecular flexibility index (Phi) is 5.77. The third-order valence-corrected chi connectivity index (χ3v) is 5.66. The van der Waals surface area contributed by atoms with Gasteiger partial charge in [-0.25, -0.2) is 4.79 Å². The minimum atomic E-state index is -0.850. The Morgan fingerprint density at radius 3 is 2.17 bits per heavy atom. The molecule has 0 spiro atoms. The smallest absolute Gasteiger partial charge is 0.407 e. The number of rotatable bonds is 3. The summed E-state index contributed by atoms with van der Waals surface area (Å²) >= 11 is 0. The monoisotopic (exact) mass is 337 g/mol. The van der Waals surface area contributed by atoms with Crippen molar-refractivity contribution in [3.63, 3.8) is 0 Å². The number of ether oxygens (including phenoxy) is 1. The highest BCUT2D eigenvalue weighted by atomic mass is 16.5. The molecule has 2 rings (SSSR count). The molecule has 6 nitrogen and oxygen atoms in total. The molecule has 6 heteroatoms. The molecule has 0 atom stereocenters. The molecule has 0 aromatic rings. The number of carboxylic acid groups (broad SMARTS) is 1. The van der Waals surface area contributed by atoms with Gasteiger partial charge in [0.2, 0.25) is 0 Å². The average molecular weight is 337 g/mol. The summed E-state index contributed by atoms with van der Waals surface area (Å²) in [4.78, 5) is 15.5. The normalized spacial score (nSPS) is 29.9. The molecular formula is C18H31N3O3. The highest BCUT2D eigenvalue weighted by Gasteiger charge is 2.44. The highest BCUT2D eigenvalue weighted by molar-refractivity contribution is 5.66. The van der Waals surface area contributed by atoms with Crippen molar-refractivity contribution < 1.29 is 14.6 Å². The van der Waals surface area contributed by atoms with E-state index in [0.717, 1.165) is 51.6 Å². The molecular weight excluding hydrogens is 306 g/mol. The molecule has 24 heavy (non-hydrogen) atoms. The second-order valence-electron chi connectivity index (χ2n) is 8.12. The highest BCUT2D eigenvalue weighted by Crippen LogP contribution is 2.37. The lowest BCUT2D eigenvalue weighted by Crippen LogP contribution is -2.59. The minimum Gasteiger partial charge on any atom is -0.465 e. The van der Waals surface area contributed by atoms with Crippen LogP contribution in [0.5, 0.6) is 0 Å². The maximum atomic E-state index is 11.7. The second kappa shape index (κ2) is 7.28. The molecule has 0 aromatic heterocycles. The van der Waals surface area contributed by atoms with Gasteiger partial charge >= 0.3 is 6.09 Å². The Labute approximate surface area is 145 Å². The maximum Gasteiger partial charge on any atom is 0.407 e. The van der Waals surface area contributed by atoms with Crippen molar-refractivity contribution in [2.75, 3.05) is 20.2 Å². The van der Waals surface area contributed by atoms with Gasteiger partial charge in [0.05, 0.1) is 12.2 Å². The van der Waals surface area contributed by atoms with Crippen molar-refractivity contribution in [1.29, 1.82) is 5.26 Å². The van der Waals surface area contributed by atoms with Crippen LogP contribution in [-0.2, 0) is 4.74 Å². The number of hydrogen-bond donors (Lipinski definition) is 1. The van der Waals surface area contributed by atoms with Crippen molar-refractivity contribution in [3.05, 3.63) is 0 Å². The molecule has 1 heterocycles. The summed E-state index contributed by atoms with van der Waals surface area (Å²) in [6, 6.07) is 2.60. The van der Waals surface area contributed by atoms with E-state index in [4.69, 9.17) is 4.74 Å². The first kappa shape index (κ1) is 19.0. The number of nitrogens with zero attached hydrogens (tertiary/aromatic N) is 3. The fourth-order valence-corrected chi connectivity index (χ4v) is 4.35. The molecule has 0 bridgehead atoms. The topological polar surface area (TPSA) is 76.8 Å². The lowest BCUT2D eigenvalue weighted by Gasteiger charge is -2.49. The van der Waals surface area contributed by atoms with Gasteiger partial charge < -0.3 is 14.7 Å².